The minimum Gasteiger partial charge on any atom is -0.394 e. The van der Waals surface area contributed by atoms with Crippen LogP contribution in [0.25, 0.3) is 0 Å². The van der Waals surface area contributed by atoms with Crippen LogP contribution in [0.5, 0.6) is 0 Å². The van der Waals surface area contributed by atoms with Crippen molar-refractivity contribution in [3.63, 3.8) is 0 Å². The number of benzene rings is 1. The van der Waals surface area contributed by atoms with Gasteiger partial charge in [0.05, 0.1) is 12.1 Å². The Morgan fingerprint density at radius 1 is 1.35 bits per heavy atom. The second-order valence-electron chi connectivity index (χ2n) is 4.53. The highest BCUT2D eigenvalue weighted by Crippen LogP contribution is 2.30. The zero-order valence-corrected chi connectivity index (χ0v) is 13.1. The first-order valence-corrected chi connectivity index (χ1v) is 8.47. The molecule has 1 unspecified atom stereocenters. The molecule has 0 aliphatic heterocycles. The van der Waals surface area contributed by atoms with Crippen molar-refractivity contribution in [3.05, 3.63) is 41.4 Å². The van der Waals surface area contributed by atoms with E-state index in [0.717, 1.165) is 28.6 Å². The fourth-order valence-corrected chi connectivity index (χ4v) is 3.65. The summed E-state index contributed by atoms with van der Waals surface area (Å²) < 4.78 is 0.928. The van der Waals surface area contributed by atoms with E-state index in [-0.39, 0.29) is 6.61 Å². The first-order chi connectivity index (χ1) is 9.80. The molecule has 1 atom stereocenters. The lowest BCUT2D eigenvalue weighted by Gasteiger charge is -2.33. The Kier molecular flexibility index (Phi) is 5.97. The molecule has 6 heteroatoms. The molecule has 0 spiro atoms. The Labute approximate surface area is 127 Å². The molecule has 4 nitrogen and oxygen atoms in total. The highest BCUT2D eigenvalue weighted by molar-refractivity contribution is 8.01. The van der Waals surface area contributed by atoms with Crippen LogP contribution in [-0.4, -0.2) is 34.2 Å². The zero-order valence-electron chi connectivity index (χ0n) is 11.5. The lowest BCUT2D eigenvalue weighted by molar-refractivity contribution is 0.179. The van der Waals surface area contributed by atoms with Crippen LogP contribution in [0.4, 0.5) is 0 Å². The molecule has 2 aromatic rings. The van der Waals surface area contributed by atoms with Crippen molar-refractivity contribution in [1.82, 2.24) is 15.5 Å². The van der Waals surface area contributed by atoms with Crippen molar-refractivity contribution in [2.75, 3.05) is 18.9 Å². The van der Waals surface area contributed by atoms with E-state index in [9.17, 15) is 5.11 Å². The normalized spacial score (nSPS) is 14.1. The predicted octanol–water partition coefficient (Wildman–Crippen LogP) is 2.52. The predicted molar refractivity (Wildman–Crippen MR) is 84.1 cm³/mol. The maximum absolute atomic E-state index is 9.98. The molecule has 20 heavy (non-hydrogen) atoms. The van der Waals surface area contributed by atoms with Crippen LogP contribution >= 0.6 is 23.1 Å². The molecule has 1 aromatic heterocycles. The standard InChI is InChI=1S/C14H19N3OS2/c1-2-8-15-14(9-18,12-6-4-3-5-7-12)10-19-13-17-16-11-20-13/h3-7,11,15,18H,2,8-10H2,1H3. The minimum atomic E-state index is -0.437. The van der Waals surface area contributed by atoms with Gasteiger partial charge in [0.15, 0.2) is 4.34 Å². The first kappa shape index (κ1) is 15.4. The number of hydrogen-bond donors (Lipinski definition) is 2. The van der Waals surface area contributed by atoms with Gasteiger partial charge >= 0.3 is 0 Å². The van der Waals surface area contributed by atoms with Crippen molar-refractivity contribution < 1.29 is 5.11 Å². The monoisotopic (exact) mass is 309 g/mol. The van der Waals surface area contributed by atoms with Crippen molar-refractivity contribution >= 4 is 23.1 Å². The molecule has 1 aromatic carbocycles. The summed E-state index contributed by atoms with van der Waals surface area (Å²) >= 11 is 3.15. The number of rotatable bonds is 8. The van der Waals surface area contributed by atoms with Gasteiger partial charge in [-0.1, -0.05) is 60.4 Å². The van der Waals surface area contributed by atoms with Gasteiger partial charge in [0, 0.05) is 5.75 Å². The van der Waals surface area contributed by atoms with Gasteiger partial charge in [-0.25, -0.2) is 0 Å². The molecule has 0 aliphatic rings. The van der Waals surface area contributed by atoms with Crippen LogP contribution in [0.1, 0.15) is 18.9 Å². The smallest absolute Gasteiger partial charge is 0.174 e. The molecule has 0 aliphatic carbocycles. The number of aromatic nitrogens is 2. The van der Waals surface area contributed by atoms with Gasteiger partial charge in [-0.3, -0.25) is 0 Å². The topological polar surface area (TPSA) is 58.0 Å². The fourth-order valence-electron chi connectivity index (χ4n) is 1.96. The Hall–Kier alpha value is -0.950. The maximum atomic E-state index is 9.98. The molecular formula is C14H19N3OS2. The molecule has 2 rings (SSSR count). The third-order valence-electron chi connectivity index (χ3n) is 3.09. The van der Waals surface area contributed by atoms with Crippen LogP contribution in [-0.2, 0) is 5.54 Å². The first-order valence-electron chi connectivity index (χ1n) is 6.61. The Balaban J connectivity index is 2.17. The second-order valence-corrected chi connectivity index (χ2v) is 6.58. The third kappa shape index (κ3) is 3.79. The molecule has 0 bridgehead atoms. The van der Waals surface area contributed by atoms with Gasteiger partial charge in [0.25, 0.3) is 0 Å². The molecule has 0 amide bonds. The second kappa shape index (κ2) is 7.73. The van der Waals surface area contributed by atoms with Gasteiger partial charge < -0.3 is 10.4 Å². The molecule has 108 valence electrons. The van der Waals surface area contributed by atoms with E-state index in [1.54, 1.807) is 17.3 Å². The lowest BCUT2D eigenvalue weighted by atomic mass is 9.92. The molecule has 0 fully saturated rings. The molecular weight excluding hydrogens is 290 g/mol. The Bertz CT molecular complexity index is 492. The van der Waals surface area contributed by atoms with Gasteiger partial charge in [0.1, 0.15) is 5.51 Å². The van der Waals surface area contributed by atoms with Crippen LogP contribution in [0, 0.1) is 0 Å². The molecule has 0 radical (unpaired) electrons. The minimum absolute atomic E-state index is 0.0584. The van der Waals surface area contributed by atoms with Gasteiger partial charge in [-0.05, 0) is 18.5 Å². The van der Waals surface area contributed by atoms with Crippen LogP contribution < -0.4 is 5.32 Å². The largest absolute Gasteiger partial charge is 0.394 e. The molecule has 0 saturated carbocycles. The summed E-state index contributed by atoms with van der Waals surface area (Å²) in [6, 6.07) is 10.1. The summed E-state index contributed by atoms with van der Waals surface area (Å²) in [5.74, 6) is 0.725. The number of nitrogens with zero attached hydrogens (tertiary/aromatic N) is 2. The van der Waals surface area contributed by atoms with Gasteiger partial charge in [0.2, 0.25) is 0 Å². The van der Waals surface area contributed by atoms with E-state index < -0.39 is 5.54 Å². The maximum Gasteiger partial charge on any atom is 0.174 e. The fraction of sp³-hybridized carbons (Fsp3) is 0.429. The summed E-state index contributed by atoms with van der Waals surface area (Å²) in [4.78, 5) is 0. The summed E-state index contributed by atoms with van der Waals surface area (Å²) in [6.07, 6.45) is 1.03. The van der Waals surface area contributed by atoms with E-state index >= 15 is 0 Å². The van der Waals surface area contributed by atoms with Crippen molar-refractivity contribution in [1.29, 1.82) is 0 Å². The quantitative estimate of drug-likeness (QED) is 0.734. The number of aliphatic hydroxyl groups excluding tert-OH is 1. The number of hydrogen-bond acceptors (Lipinski definition) is 6. The molecule has 2 N–H and O–H groups in total. The van der Waals surface area contributed by atoms with E-state index in [1.165, 1.54) is 11.3 Å². The third-order valence-corrected chi connectivity index (χ3v) is 5.18. The SMILES string of the molecule is CCCNC(CO)(CSc1nncs1)c1ccccc1. The summed E-state index contributed by atoms with van der Waals surface area (Å²) in [5.41, 5.74) is 2.39. The van der Waals surface area contributed by atoms with Crippen LogP contribution in [0.15, 0.2) is 40.2 Å². The van der Waals surface area contributed by atoms with Gasteiger partial charge in [-0.2, -0.15) is 0 Å². The van der Waals surface area contributed by atoms with E-state index in [2.05, 4.69) is 34.6 Å². The van der Waals surface area contributed by atoms with Crippen molar-refractivity contribution in [3.8, 4) is 0 Å². The summed E-state index contributed by atoms with van der Waals surface area (Å²) in [6.45, 7) is 3.05. The van der Waals surface area contributed by atoms with E-state index in [1.807, 2.05) is 18.2 Å². The summed E-state index contributed by atoms with van der Waals surface area (Å²) in [5, 5.41) is 21.4. The molecule has 1 heterocycles. The van der Waals surface area contributed by atoms with Gasteiger partial charge in [-0.15, -0.1) is 10.2 Å². The number of nitrogens with one attached hydrogen (secondary N) is 1. The lowest BCUT2D eigenvalue weighted by Crippen LogP contribution is -2.48. The Morgan fingerprint density at radius 3 is 2.75 bits per heavy atom. The van der Waals surface area contributed by atoms with Crippen molar-refractivity contribution in [2.45, 2.75) is 23.2 Å². The highest BCUT2D eigenvalue weighted by atomic mass is 32.2. The van der Waals surface area contributed by atoms with E-state index in [0.29, 0.717) is 0 Å². The number of thioether (sulfide) groups is 1. The summed E-state index contributed by atoms with van der Waals surface area (Å²) in [7, 11) is 0. The highest BCUT2D eigenvalue weighted by Gasteiger charge is 2.31. The van der Waals surface area contributed by atoms with Crippen LogP contribution in [0.3, 0.4) is 0 Å². The molecule has 0 saturated heterocycles. The van der Waals surface area contributed by atoms with Crippen molar-refractivity contribution in [2.24, 2.45) is 0 Å². The van der Waals surface area contributed by atoms with E-state index in [4.69, 9.17) is 0 Å². The average Bonchev–Trinajstić information content (AvgIpc) is 3.02. The number of aliphatic hydroxyl groups is 1. The van der Waals surface area contributed by atoms with Crippen LogP contribution in [0.2, 0.25) is 0 Å². The average molecular weight is 309 g/mol. The zero-order chi connectivity index (χ0) is 14.3. The Morgan fingerprint density at radius 2 is 2.15 bits per heavy atom.